The highest BCUT2D eigenvalue weighted by Gasteiger charge is 2.46. The topological polar surface area (TPSA) is 123 Å². The molecule has 2 aromatic rings. The van der Waals surface area contributed by atoms with Gasteiger partial charge in [-0.15, -0.1) is 11.3 Å². The second kappa shape index (κ2) is 11.0. The van der Waals surface area contributed by atoms with Crippen LogP contribution in [-0.2, 0) is 16.1 Å². The average molecular weight is 517 g/mol. The number of hydrogen-bond acceptors (Lipinski definition) is 6. The van der Waals surface area contributed by atoms with Gasteiger partial charge in [0.2, 0.25) is 11.8 Å². The van der Waals surface area contributed by atoms with Gasteiger partial charge < -0.3 is 20.4 Å². The van der Waals surface area contributed by atoms with Gasteiger partial charge in [-0.3, -0.25) is 14.5 Å². The van der Waals surface area contributed by atoms with Crippen LogP contribution < -0.4 is 5.32 Å². The van der Waals surface area contributed by atoms with E-state index < -0.39 is 35.7 Å². The van der Waals surface area contributed by atoms with E-state index in [2.05, 4.69) is 10.3 Å². The van der Waals surface area contributed by atoms with Crippen LogP contribution in [-0.4, -0.2) is 73.2 Å². The quantitative estimate of drug-likeness (QED) is 0.518. The number of benzene rings is 1. The van der Waals surface area contributed by atoms with Crippen LogP contribution >= 0.6 is 11.3 Å². The van der Waals surface area contributed by atoms with E-state index in [9.17, 15) is 24.6 Å². The van der Waals surface area contributed by atoms with Crippen molar-refractivity contribution in [1.82, 2.24) is 20.1 Å². The lowest BCUT2D eigenvalue weighted by Crippen LogP contribution is -2.61. The molecule has 0 spiro atoms. The number of amides is 3. The van der Waals surface area contributed by atoms with E-state index in [1.165, 1.54) is 4.90 Å². The molecule has 0 radical (unpaired) electrons. The first-order chi connectivity index (χ1) is 16.8. The Kier molecular flexibility index (Phi) is 8.40. The molecule has 1 fully saturated rings. The number of carboxylic acid groups (broad SMARTS) is 1. The minimum absolute atomic E-state index is 0.0133. The lowest BCUT2D eigenvalue weighted by atomic mass is 9.95. The fraction of sp³-hybridized carbons (Fsp3) is 0.538. The Hall–Kier alpha value is -2.98. The Labute approximate surface area is 216 Å². The first-order valence-corrected chi connectivity index (χ1v) is 13.0. The van der Waals surface area contributed by atoms with Crippen molar-refractivity contribution in [1.29, 1.82) is 0 Å². The number of carbonyl (C=O) groups excluding carboxylic acids is 2. The molecule has 1 aliphatic heterocycles. The highest BCUT2D eigenvalue weighted by molar-refractivity contribution is 7.13. The molecule has 36 heavy (non-hydrogen) atoms. The molecule has 0 bridgehead atoms. The first kappa shape index (κ1) is 27.6. The van der Waals surface area contributed by atoms with Crippen LogP contribution in [0.25, 0.3) is 10.4 Å². The SMILES string of the molecule is Cc1ncsc1-c1ccc(CNC(=O)[C@@H]2C[C@@H](O)CN2C(=O)C(C(C)C)N(C(=O)O)C(C)(C)C)cc1. The number of aliphatic hydroxyl groups excluding tert-OH is 1. The number of hydrogen-bond donors (Lipinski definition) is 3. The number of nitrogens with zero attached hydrogens (tertiary/aromatic N) is 3. The van der Waals surface area contributed by atoms with E-state index >= 15 is 0 Å². The predicted octanol–water partition coefficient (Wildman–Crippen LogP) is 3.50. The summed E-state index contributed by atoms with van der Waals surface area (Å²) in [4.78, 5) is 46.7. The molecular formula is C26H36N4O5S. The minimum atomic E-state index is -1.20. The zero-order valence-corrected chi connectivity index (χ0v) is 22.5. The summed E-state index contributed by atoms with van der Waals surface area (Å²) in [5, 5.41) is 23.1. The van der Waals surface area contributed by atoms with Gasteiger partial charge in [0.1, 0.15) is 12.1 Å². The zero-order chi connectivity index (χ0) is 26.8. The Morgan fingerprint density at radius 2 is 1.86 bits per heavy atom. The molecule has 1 aromatic carbocycles. The number of nitrogens with one attached hydrogen (secondary N) is 1. The molecule has 3 atom stereocenters. The van der Waals surface area contributed by atoms with E-state index in [0.29, 0.717) is 0 Å². The predicted molar refractivity (Wildman–Crippen MR) is 139 cm³/mol. The molecule has 9 nitrogen and oxygen atoms in total. The monoisotopic (exact) mass is 516 g/mol. The van der Waals surface area contributed by atoms with Crippen molar-refractivity contribution in [2.45, 2.75) is 78.2 Å². The summed E-state index contributed by atoms with van der Waals surface area (Å²) in [6.45, 7) is 11.0. The number of aromatic nitrogens is 1. The summed E-state index contributed by atoms with van der Waals surface area (Å²) in [6.07, 6.45) is -1.95. The summed E-state index contributed by atoms with van der Waals surface area (Å²) in [7, 11) is 0. The fourth-order valence-corrected chi connectivity index (χ4v) is 5.46. The lowest BCUT2D eigenvalue weighted by molar-refractivity contribution is -0.145. The van der Waals surface area contributed by atoms with E-state index in [4.69, 9.17) is 0 Å². The lowest BCUT2D eigenvalue weighted by Gasteiger charge is -2.42. The molecule has 3 rings (SSSR count). The van der Waals surface area contributed by atoms with E-state index in [1.807, 2.05) is 36.7 Å². The smallest absolute Gasteiger partial charge is 0.408 e. The molecule has 1 saturated heterocycles. The number of thiazole rings is 1. The number of aryl methyl sites for hydroxylation is 1. The van der Waals surface area contributed by atoms with E-state index in [1.54, 1.807) is 46.0 Å². The highest BCUT2D eigenvalue weighted by Crippen LogP contribution is 2.29. The second-order valence-corrected chi connectivity index (χ2v) is 11.4. The van der Waals surface area contributed by atoms with E-state index in [-0.39, 0.29) is 31.3 Å². The Morgan fingerprint density at radius 3 is 2.36 bits per heavy atom. The van der Waals surface area contributed by atoms with Gasteiger partial charge in [0.25, 0.3) is 0 Å². The van der Waals surface area contributed by atoms with Gasteiger partial charge in [-0.25, -0.2) is 9.78 Å². The Bertz CT molecular complexity index is 1090. The van der Waals surface area contributed by atoms with Crippen LogP contribution in [0.5, 0.6) is 0 Å². The van der Waals surface area contributed by atoms with Crippen molar-refractivity contribution in [3.63, 3.8) is 0 Å². The summed E-state index contributed by atoms with van der Waals surface area (Å²) >= 11 is 1.57. The van der Waals surface area contributed by atoms with E-state index in [0.717, 1.165) is 26.6 Å². The maximum absolute atomic E-state index is 13.6. The standard InChI is InChI=1S/C26H36N4O5S/c1-15(2)21(30(25(34)35)26(4,5)6)24(33)29-13-19(31)11-20(29)23(32)27-12-17-7-9-18(10-8-17)22-16(3)28-14-36-22/h7-10,14-15,19-21,31H,11-13H2,1-6H3,(H,27,32)(H,34,35)/t19-,20+,21?/m1/s1. The third kappa shape index (κ3) is 6.04. The fourth-order valence-electron chi connectivity index (χ4n) is 4.65. The van der Waals surface area contributed by atoms with Gasteiger partial charge >= 0.3 is 6.09 Å². The number of likely N-dealkylation sites (tertiary alicyclic amines) is 1. The van der Waals surface area contributed by atoms with Crippen LogP contribution in [0.3, 0.4) is 0 Å². The normalized spacial score (nSPS) is 18.8. The molecule has 1 aromatic heterocycles. The third-order valence-electron chi connectivity index (χ3n) is 6.38. The third-order valence-corrected chi connectivity index (χ3v) is 7.36. The minimum Gasteiger partial charge on any atom is -0.465 e. The largest absolute Gasteiger partial charge is 0.465 e. The molecule has 196 valence electrons. The van der Waals surface area contributed by atoms with Crippen LogP contribution in [0.15, 0.2) is 29.8 Å². The van der Waals surface area contributed by atoms with Gasteiger partial charge in [0, 0.05) is 25.0 Å². The Morgan fingerprint density at radius 1 is 1.22 bits per heavy atom. The molecule has 3 N–H and O–H groups in total. The average Bonchev–Trinajstić information content (AvgIpc) is 3.39. The number of rotatable bonds is 7. The molecule has 1 aliphatic rings. The molecule has 0 saturated carbocycles. The van der Waals surface area contributed by atoms with Crippen molar-refractivity contribution < 1.29 is 24.6 Å². The van der Waals surface area contributed by atoms with Crippen molar-refractivity contribution in [3.8, 4) is 10.4 Å². The van der Waals surface area contributed by atoms with Crippen LogP contribution in [0.1, 0.15) is 52.3 Å². The summed E-state index contributed by atoms with van der Waals surface area (Å²) in [5.74, 6) is -1.17. The summed E-state index contributed by atoms with van der Waals surface area (Å²) in [6, 6.07) is 5.98. The molecule has 2 heterocycles. The van der Waals surface area contributed by atoms with Crippen molar-refractivity contribution in [3.05, 3.63) is 41.0 Å². The summed E-state index contributed by atoms with van der Waals surface area (Å²) in [5.41, 5.74) is 3.91. The van der Waals surface area contributed by atoms with Gasteiger partial charge in [-0.2, -0.15) is 0 Å². The molecule has 3 amide bonds. The van der Waals surface area contributed by atoms with Crippen molar-refractivity contribution in [2.24, 2.45) is 5.92 Å². The second-order valence-electron chi connectivity index (χ2n) is 10.6. The first-order valence-electron chi connectivity index (χ1n) is 12.1. The number of aliphatic hydroxyl groups is 1. The van der Waals surface area contributed by atoms with Gasteiger partial charge in [0.05, 0.1) is 22.2 Å². The highest BCUT2D eigenvalue weighted by atomic mass is 32.1. The van der Waals surface area contributed by atoms with Crippen molar-refractivity contribution >= 4 is 29.2 Å². The molecule has 10 heteroatoms. The maximum atomic E-state index is 13.6. The number of β-amino-alcohol motifs (C(OH)–C–C–N with tert-alkyl or cyclic N) is 1. The van der Waals surface area contributed by atoms with Crippen molar-refractivity contribution in [2.75, 3.05) is 6.54 Å². The molecular weight excluding hydrogens is 480 g/mol. The van der Waals surface area contributed by atoms with Gasteiger partial charge in [-0.05, 0) is 44.7 Å². The maximum Gasteiger partial charge on any atom is 0.408 e. The number of carbonyl (C=O) groups is 3. The molecule has 0 aliphatic carbocycles. The Balaban J connectivity index is 1.73. The van der Waals surface area contributed by atoms with Crippen LogP contribution in [0.4, 0.5) is 4.79 Å². The van der Waals surface area contributed by atoms with Gasteiger partial charge in [0.15, 0.2) is 0 Å². The van der Waals surface area contributed by atoms with Crippen LogP contribution in [0, 0.1) is 12.8 Å². The van der Waals surface area contributed by atoms with Crippen LogP contribution in [0.2, 0.25) is 0 Å². The van der Waals surface area contributed by atoms with Gasteiger partial charge in [-0.1, -0.05) is 38.1 Å². The summed E-state index contributed by atoms with van der Waals surface area (Å²) < 4.78 is 0. The molecule has 1 unspecified atom stereocenters. The zero-order valence-electron chi connectivity index (χ0n) is 21.7.